The Hall–Kier alpha value is -2.86. The minimum absolute atomic E-state index is 0.0778. The van der Waals surface area contributed by atoms with Crippen molar-refractivity contribution in [2.24, 2.45) is 0 Å². The van der Waals surface area contributed by atoms with E-state index in [-0.39, 0.29) is 6.42 Å². The lowest BCUT2D eigenvalue weighted by molar-refractivity contribution is -0.128. The molecule has 2 N–H and O–H groups in total. The predicted molar refractivity (Wildman–Crippen MR) is 84.2 cm³/mol. The topological polar surface area (TPSA) is 84.6 Å². The van der Waals surface area contributed by atoms with Gasteiger partial charge in [0.25, 0.3) is 0 Å². The molecule has 0 radical (unpaired) electrons. The molecule has 3 rings (SSSR count). The predicted octanol–water partition coefficient (Wildman–Crippen LogP) is 2.94. The number of rotatable bonds is 5. The quantitative estimate of drug-likeness (QED) is 0.559. The van der Waals surface area contributed by atoms with Crippen LogP contribution in [-0.2, 0) is 11.2 Å². The van der Waals surface area contributed by atoms with E-state index in [1.54, 1.807) is 23.7 Å². The summed E-state index contributed by atoms with van der Waals surface area (Å²) >= 11 is 0. The number of hydroxylamine groups is 1. The molecule has 1 amide bonds. The lowest BCUT2D eigenvalue weighted by atomic mass is 10.1. The number of nitrogens with zero attached hydrogens (tertiary/aromatic N) is 1. The number of hydrogen-bond acceptors (Lipinski definition) is 5. The molecule has 0 fully saturated rings. The van der Waals surface area contributed by atoms with Crippen molar-refractivity contribution in [2.45, 2.75) is 13.3 Å². The molecule has 1 heterocycles. The summed E-state index contributed by atoms with van der Waals surface area (Å²) < 4.78 is 11.2. The van der Waals surface area contributed by atoms with Crippen LogP contribution in [0, 0.1) is 0 Å². The molecule has 0 saturated carbocycles. The number of ether oxygens (including phenoxy) is 1. The van der Waals surface area contributed by atoms with E-state index in [0.29, 0.717) is 23.6 Å². The van der Waals surface area contributed by atoms with Gasteiger partial charge in [-0.1, -0.05) is 12.1 Å². The minimum Gasteiger partial charge on any atom is -0.494 e. The van der Waals surface area contributed by atoms with Crippen LogP contribution in [0.25, 0.3) is 22.6 Å². The first-order chi connectivity index (χ1) is 11.2. The third kappa shape index (κ3) is 3.32. The first-order valence-electron chi connectivity index (χ1n) is 7.25. The summed E-state index contributed by atoms with van der Waals surface area (Å²) in [5, 5.41) is 8.59. The molecule has 0 aliphatic heterocycles. The maximum Gasteiger partial charge on any atom is 0.247 e. The highest BCUT2D eigenvalue weighted by atomic mass is 16.5. The maximum atomic E-state index is 11.2. The van der Waals surface area contributed by atoms with Gasteiger partial charge < -0.3 is 9.15 Å². The van der Waals surface area contributed by atoms with Crippen molar-refractivity contribution >= 4 is 17.0 Å². The van der Waals surface area contributed by atoms with Gasteiger partial charge in [0.2, 0.25) is 11.8 Å². The summed E-state index contributed by atoms with van der Waals surface area (Å²) in [6.45, 7) is 2.52. The standard InChI is InChI=1S/C17H16N2O4/c1-2-22-13-5-3-4-12(10-13)17-18-14-8-11(9-16(20)19-21)6-7-15(14)23-17/h3-8,10,21H,2,9H2,1H3,(H,19,20). The maximum absolute atomic E-state index is 11.2. The van der Waals surface area contributed by atoms with Crippen LogP contribution in [0.5, 0.6) is 5.75 Å². The van der Waals surface area contributed by atoms with E-state index >= 15 is 0 Å². The fraction of sp³-hybridized carbons (Fsp3) is 0.176. The SMILES string of the molecule is CCOc1cccc(-c2nc3cc(CC(=O)NO)ccc3o2)c1. The van der Waals surface area contributed by atoms with Gasteiger partial charge in [-0.25, -0.2) is 10.5 Å². The number of oxazole rings is 1. The Labute approximate surface area is 132 Å². The first-order valence-corrected chi connectivity index (χ1v) is 7.25. The second kappa shape index (κ2) is 6.50. The van der Waals surface area contributed by atoms with Crippen LogP contribution < -0.4 is 10.2 Å². The average molecular weight is 312 g/mol. The summed E-state index contributed by atoms with van der Waals surface area (Å²) in [6.07, 6.45) is 0.0778. The summed E-state index contributed by atoms with van der Waals surface area (Å²) in [5.74, 6) is 0.773. The van der Waals surface area contributed by atoms with Gasteiger partial charge in [0.05, 0.1) is 13.0 Å². The molecule has 0 unspecified atom stereocenters. The molecule has 0 bridgehead atoms. The normalized spacial score (nSPS) is 10.7. The van der Waals surface area contributed by atoms with Gasteiger partial charge >= 0.3 is 0 Å². The molecule has 6 nitrogen and oxygen atoms in total. The van der Waals surface area contributed by atoms with Crippen LogP contribution in [0.1, 0.15) is 12.5 Å². The first kappa shape index (κ1) is 15.1. The Kier molecular flexibility index (Phi) is 4.25. The van der Waals surface area contributed by atoms with Gasteiger partial charge in [-0.05, 0) is 42.8 Å². The van der Waals surface area contributed by atoms with Gasteiger partial charge in [0.1, 0.15) is 11.3 Å². The minimum atomic E-state index is -0.475. The molecule has 2 aromatic carbocycles. The highest BCUT2D eigenvalue weighted by Gasteiger charge is 2.11. The molecule has 0 aliphatic carbocycles. The van der Waals surface area contributed by atoms with Crippen molar-refractivity contribution in [3.63, 3.8) is 0 Å². The van der Waals surface area contributed by atoms with Crippen LogP contribution in [0.15, 0.2) is 46.9 Å². The third-order valence-electron chi connectivity index (χ3n) is 3.33. The molecule has 3 aromatic rings. The Balaban J connectivity index is 1.93. The van der Waals surface area contributed by atoms with E-state index in [9.17, 15) is 4.79 Å². The zero-order valence-corrected chi connectivity index (χ0v) is 12.6. The van der Waals surface area contributed by atoms with E-state index in [1.807, 2.05) is 31.2 Å². The van der Waals surface area contributed by atoms with Gasteiger partial charge in [0, 0.05) is 5.56 Å². The van der Waals surface area contributed by atoms with E-state index in [0.717, 1.165) is 16.9 Å². The van der Waals surface area contributed by atoms with Crippen LogP contribution in [0.4, 0.5) is 0 Å². The Morgan fingerprint density at radius 1 is 1.30 bits per heavy atom. The molecule has 0 spiro atoms. The van der Waals surface area contributed by atoms with E-state index in [2.05, 4.69) is 4.98 Å². The number of hydrogen-bond donors (Lipinski definition) is 2. The number of aromatic nitrogens is 1. The van der Waals surface area contributed by atoms with E-state index in [4.69, 9.17) is 14.4 Å². The van der Waals surface area contributed by atoms with Gasteiger partial charge in [-0.15, -0.1) is 0 Å². The van der Waals surface area contributed by atoms with Crippen molar-refractivity contribution in [3.05, 3.63) is 48.0 Å². The average Bonchev–Trinajstić information content (AvgIpc) is 2.98. The number of amides is 1. The summed E-state index contributed by atoms with van der Waals surface area (Å²) in [7, 11) is 0. The van der Waals surface area contributed by atoms with Crippen molar-refractivity contribution < 1.29 is 19.2 Å². The molecule has 23 heavy (non-hydrogen) atoms. The molecular formula is C17H16N2O4. The highest BCUT2D eigenvalue weighted by Crippen LogP contribution is 2.27. The molecule has 1 aromatic heterocycles. The number of benzene rings is 2. The lowest BCUT2D eigenvalue weighted by Crippen LogP contribution is -2.20. The smallest absolute Gasteiger partial charge is 0.247 e. The summed E-state index contributed by atoms with van der Waals surface area (Å²) in [4.78, 5) is 15.7. The van der Waals surface area contributed by atoms with Crippen molar-refractivity contribution in [1.29, 1.82) is 0 Å². The molecule has 6 heteroatoms. The van der Waals surface area contributed by atoms with Crippen LogP contribution in [0.2, 0.25) is 0 Å². The van der Waals surface area contributed by atoms with Gasteiger partial charge in [-0.2, -0.15) is 0 Å². The van der Waals surface area contributed by atoms with Crippen LogP contribution in [-0.4, -0.2) is 22.7 Å². The number of nitrogens with one attached hydrogen (secondary N) is 1. The van der Waals surface area contributed by atoms with Crippen molar-refractivity contribution in [1.82, 2.24) is 10.5 Å². The monoisotopic (exact) mass is 312 g/mol. The van der Waals surface area contributed by atoms with Crippen molar-refractivity contribution in [3.8, 4) is 17.2 Å². The van der Waals surface area contributed by atoms with E-state index in [1.165, 1.54) is 0 Å². The lowest BCUT2D eigenvalue weighted by Gasteiger charge is -2.03. The van der Waals surface area contributed by atoms with Crippen LogP contribution >= 0.6 is 0 Å². The van der Waals surface area contributed by atoms with E-state index < -0.39 is 5.91 Å². The molecule has 118 valence electrons. The summed E-state index contributed by atoms with van der Waals surface area (Å²) in [6, 6.07) is 12.8. The Morgan fingerprint density at radius 2 is 2.17 bits per heavy atom. The number of fused-ring (bicyclic) bond motifs is 1. The fourth-order valence-electron chi connectivity index (χ4n) is 2.32. The number of carbonyl (C=O) groups excluding carboxylic acids is 1. The largest absolute Gasteiger partial charge is 0.494 e. The van der Waals surface area contributed by atoms with Crippen molar-refractivity contribution in [2.75, 3.05) is 6.61 Å². The third-order valence-corrected chi connectivity index (χ3v) is 3.33. The molecule has 0 saturated heterocycles. The highest BCUT2D eigenvalue weighted by molar-refractivity contribution is 5.81. The zero-order valence-electron chi connectivity index (χ0n) is 12.6. The fourth-order valence-corrected chi connectivity index (χ4v) is 2.32. The molecular weight excluding hydrogens is 296 g/mol. The van der Waals surface area contributed by atoms with Gasteiger partial charge in [-0.3, -0.25) is 10.0 Å². The van der Waals surface area contributed by atoms with Gasteiger partial charge in [0.15, 0.2) is 5.58 Å². The summed E-state index contributed by atoms with van der Waals surface area (Å²) in [5.41, 5.74) is 4.47. The second-order valence-electron chi connectivity index (χ2n) is 4.99. The Bertz CT molecular complexity index is 841. The number of carbonyl (C=O) groups is 1. The molecule has 0 aliphatic rings. The molecule has 0 atom stereocenters. The van der Waals surface area contributed by atoms with Crippen LogP contribution in [0.3, 0.4) is 0 Å². The zero-order chi connectivity index (χ0) is 16.2. The second-order valence-corrected chi connectivity index (χ2v) is 4.99. The Morgan fingerprint density at radius 3 is 2.96 bits per heavy atom.